The molecule has 0 aliphatic carbocycles. The molecule has 2 aromatic heterocycles. The Kier molecular flexibility index (Phi) is 21.6. The fourth-order valence-electron chi connectivity index (χ4n) is 10.5. The van der Waals surface area contributed by atoms with Crippen LogP contribution in [-0.2, 0) is 30.5 Å². The molecule has 8 rings (SSSR count). The number of carbonyl (C=O) groups excluding carboxylic acids is 5. The van der Waals surface area contributed by atoms with Gasteiger partial charge in [-0.3, -0.25) is 24.0 Å². The first-order valence-corrected chi connectivity index (χ1v) is 29.0. The molecule has 85 heavy (non-hydrogen) atoms. The number of rotatable bonds is 29. The van der Waals surface area contributed by atoms with Crippen LogP contribution in [0.1, 0.15) is 102 Å². The molecule has 1 unspecified atom stereocenters. The molecule has 1 aliphatic rings. The lowest BCUT2D eigenvalue weighted by atomic mass is 9.99. The SMILES string of the molecule is CCC(=O)NCCCCCC(=O)CCCC(=O)Nc1cc(C[N+](C)(CCCN(C)CCNC(=O)c2cccc3nc4cccc(C)c4nc23)CCNC(=O)c2cccc3nc4cccc(C)c4nc23)ccc1O[C@@H]1O[C@H](C(=O)O)[C@@H](O)[C@H](O)[C@H]1O. The summed E-state index contributed by atoms with van der Waals surface area (Å²) in [5, 5.41) is 53.5. The predicted molar refractivity (Wildman–Crippen MR) is 321 cm³/mol. The van der Waals surface area contributed by atoms with Crippen LogP contribution in [0.3, 0.4) is 0 Å². The maximum Gasteiger partial charge on any atom is 0.335 e. The number of hydrogen-bond acceptors (Lipinski definition) is 16. The molecule has 1 fully saturated rings. The second-order valence-corrected chi connectivity index (χ2v) is 22.2. The number of quaternary nitrogens is 1. The van der Waals surface area contributed by atoms with Gasteiger partial charge in [0.15, 0.2) is 6.10 Å². The monoisotopic (exact) mass is 1170 g/mol. The zero-order valence-electron chi connectivity index (χ0n) is 48.8. The molecule has 4 amide bonds. The van der Waals surface area contributed by atoms with E-state index in [1.165, 1.54) is 6.07 Å². The number of aliphatic carboxylic acids is 1. The van der Waals surface area contributed by atoms with E-state index in [9.17, 15) is 49.2 Å². The van der Waals surface area contributed by atoms with E-state index in [2.05, 4.69) is 33.2 Å². The molecule has 0 radical (unpaired) electrons. The van der Waals surface area contributed by atoms with E-state index >= 15 is 0 Å². The van der Waals surface area contributed by atoms with E-state index in [0.29, 0.717) is 120 Å². The Hall–Kier alpha value is -8.12. The minimum Gasteiger partial charge on any atom is -0.479 e. The standard InChI is InChI=1S/C63H76N10O12/c1-6-50(75)64-29-9-7-8-18-41(74)19-12-26-51(76)69-48-36-40(27-28-49(48)84-63-58(79)56(77)57(78)59(85-63)62(82)83)37-73(5,35-31-66-61(81)43-21-14-25-47-55(43)71-53-39(3)17-11-23-45(53)68-47)34-15-32-72(4)33-30-65-60(80)42-20-13-24-46-54(42)70-52-38(2)16-10-22-44(52)67-46/h10-11,13-14,16-17,20-25,27-28,36,56-59,63,77-79H,6-9,12,15,18-19,26,29-35,37H2,1-5H3,(H4-,64,65,66,69,75,76,80,81,82,83)/p+1/t56-,57-,58+,59-,63+,73?/m0/s1. The van der Waals surface area contributed by atoms with Crippen LogP contribution < -0.4 is 26.0 Å². The molecule has 5 aromatic carbocycles. The van der Waals surface area contributed by atoms with E-state index in [1.54, 1.807) is 43.3 Å². The molecule has 6 atom stereocenters. The maximum atomic E-state index is 14.1. The Morgan fingerprint density at radius 2 is 1.20 bits per heavy atom. The van der Waals surface area contributed by atoms with Gasteiger partial charge in [0.2, 0.25) is 18.1 Å². The van der Waals surface area contributed by atoms with Gasteiger partial charge >= 0.3 is 5.97 Å². The van der Waals surface area contributed by atoms with E-state index in [1.807, 2.05) is 69.4 Å². The number of Topliss-reactive ketones (excluding diaryl/α,β-unsaturated/α-hetero) is 1. The molecular formula is C63H77N10O12+. The number of amides is 4. The third kappa shape index (κ3) is 16.4. The number of aliphatic hydroxyl groups is 3. The Morgan fingerprint density at radius 1 is 0.612 bits per heavy atom. The topological polar surface area (TPSA) is 305 Å². The number of hydrogen-bond donors (Lipinski definition) is 8. The first-order chi connectivity index (χ1) is 40.8. The summed E-state index contributed by atoms with van der Waals surface area (Å²) in [6.07, 6.45) is -5.50. The minimum atomic E-state index is -1.96. The molecular weight excluding hydrogens is 1090 g/mol. The van der Waals surface area contributed by atoms with Crippen LogP contribution in [0.15, 0.2) is 91.0 Å². The van der Waals surface area contributed by atoms with Crippen molar-refractivity contribution in [3.8, 4) is 5.75 Å². The number of aliphatic hydroxyl groups excluding tert-OH is 3. The van der Waals surface area contributed by atoms with Crippen molar-refractivity contribution in [2.24, 2.45) is 0 Å². The minimum absolute atomic E-state index is 0.00550. The van der Waals surface area contributed by atoms with Crippen LogP contribution >= 0.6 is 0 Å². The van der Waals surface area contributed by atoms with Crippen molar-refractivity contribution in [2.45, 2.75) is 116 Å². The number of benzene rings is 5. The molecule has 0 spiro atoms. The summed E-state index contributed by atoms with van der Waals surface area (Å²) in [6, 6.07) is 27.2. The van der Waals surface area contributed by atoms with E-state index in [4.69, 9.17) is 29.4 Å². The van der Waals surface area contributed by atoms with Gasteiger partial charge in [0, 0.05) is 63.8 Å². The first-order valence-electron chi connectivity index (χ1n) is 29.0. The van der Waals surface area contributed by atoms with Gasteiger partial charge in [0.05, 0.1) is 76.6 Å². The van der Waals surface area contributed by atoms with Gasteiger partial charge in [-0.2, -0.15) is 0 Å². The number of ether oxygens (including phenoxy) is 2. The molecule has 0 saturated carbocycles. The summed E-state index contributed by atoms with van der Waals surface area (Å²) in [7, 11) is 4.03. The van der Waals surface area contributed by atoms with Crippen molar-refractivity contribution in [1.82, 2.24) is 40.8 Å². The average Bonchev–Trinajstić information content (AvgIpc) is 2.44. The molecule has 7 aromatic rings. The number of unbranched alkanes of at least 4 members (excludes halogenated alkanes) is 2. The first kappa shape index (κ1) is 62.9. The lowest BCUT2D eigenvalue weighted by Crippen LogP contribution is -2.61. The fraction of sp³-hybridized carbons (Fsp3) is 0.429. The van der Waals surface area contributed by atoms with Gasteiger partial charge in [0.25, 0.3) is 11.8 Å². The van der Waals surface area contributed by atoms with E-state index < -0.39 is 42.6 Å². The summed E-state index contributed by atoms with van der Waals surface area (Å²) >= 11 is 0. The third-order valence-electron chi connectivity index (χ3n) is 15.4. The summed E-state index contributed by atoms with van der Waals surface area (Å²) in [5.74, 6) is -2.68. The van der Waals surface area contributed by atoms with Crippen LogP contribution in [-0.4, -0.2) is 176 Å². The number of ketones is 1. The predicted octanol–water partition coefficient (Wildman–Crippen LogP) is 5.66. The van der Waals surface area contributed by atoms with Crippen molar-refractivity contribution in [3.63, 3.8) is 0 Å². The number of likely N-dealkylation sites (N-methyl/N-ethyl adjacent to an activating group) is 2. The number of anilines is 1. The quantitative estimate of drug-likeness (QED) is 0.0159. The van der Waals surface area contributed by atoms with Gasteiger partial charge in [-0.25, -0.2) is 24.7 Å². The Labute approximate surface area is 492 Å². The van der Waals surface area contributed by atoms with E-state index in [-0.39, 0.29) is 60.7 Å². The fourth-order valence-corrected chi connectivity index (χ4v) is 10.5. The zero-order valence-corrected chi connectivity index (χ0v) is 48.8. The van der Waals surface area contributed by atoms with Gasteiger partial charge in [-0.1, -0.05) is 49.7 Å². The molecule has 1 aliphatic heterocycles. The lowest BCUT2D eigenvalue weighted by Gasteiger charge is -2.38. The molecule has 1 saturated heterocycles. The number of aromatic nitrogens is 4. The Morgan fingerprint density at radius 3 is 1.81 bits per heavy atom. The molecule has 8 N–H and O–H groups in total. The lowest BCUT2D eigenvalue weighted by molar-refractivity contribution is -0.921. The average molecular weight is 1170 g/mol. The number of carboxylic acids is 1. The Bertz CT molecular complexity index is 3570. The highest BCUT2D eigenvalue weighted by atomic mass is 16.7. The zero-order chi connectivity index (χ0) is 60.8. The number of carboxylic acid groups (broad SMARTS) is 1. The van der Waals surface area contributed by atoms with Crippen LogP contribution in [0.4, 0.5) is 5.69 Å². The molecule has 22 heteroatoms. The number of aryl methyl sites for hydroxylation is 2. The molecule has 450 valence electrons. The highest BCUT2D eigenvalue weighted by Crippen LogP contribution is 2.33. The second-order valence-electron chi connectivity index (χ2n) is 22.2. The van der Waals surface area contributed by atoms with Crippen LogP contribution in [0.2, 0.25) is 0 Å². The van der Waals surface area contributed by atoms with E-state index in [0.717, 1.165) is 40.5 Å². The molecule has 22 nitrogen and oxygen atoms in total. The van der Waals surface area contributed by atoms with Gasteiger partial charge in [-0.05, 0) is 106 Å². The van der Waals surface area contributed by atoms with Crippen LogP contribution in [0.25, 0.3) is 44.1 Å². The van der Waals surface area contributed by atoms with Crippen molar-refractivity contribution in [2.75, 3.05) is 65.2 Å². The van der Waals surface area contributed by atoms with Gasteiger partial charge in [-0.15, -0.1) is 0 Å². The summed E-state index contributed by atoms with van der Waals surface area (Å²) in [5.41, 5.74) is 8.70. The second kappa shape index (κ2) is 29.1. The number of para-hydroxylation sites is 4. The van der Waals surface area contributed by atoms with Crippen molar-refractivity contribution in [1.29, 1.82) is 0 Å². The third-order valence-corrected chi connectivity index (χ3v) is 15.4. The smallest absolute Gasteiger partial charge is 0.335 e. The normalized spacial score (nSPS) is 17.6. The summed E-state index contributed by atoms with van der Waals surface area (Å²) in [4.78, 5) is 99.1. The maximum absolute atomic E-state index is 14.1. The number of fused-ring (bicyclic) bond motifs is 4. The number of nitrogens with one attached hydrogen (secondary N) is 4. The number of nitrogens with zero attached hydrogens (tertiary/aromatic N) is 6. The van der Waals surface area contributed by atoms with Gasteiger partial charge < -0.3 is 60.5 Å². The largest absolute Gasteiger partial charge is 0.479 e. The van der Waals surface area contributed by atoms with Crippen LogP contribution in [0.5, 0.6) is 5.75 Å². The summed E-state index contributed by atoms with van der Waals surface area (Å²) in [6.45, 7) is 9.42. The molecule has 0 bridgehead atoms. The Balaban J connectivity index is 0.969. The van der Waals surface area contributed by atoms with Crippen molar-refractivity contribution >= 4 is 85.2 Å². The van der Waals surface area contributed by atoms with Crippen LogP contribution in [0, 0.1) is 13.8 Å². The number of carbonyl (C=O) groups is 6. The highest BCUT2D eigenvalue weighted by molar-refractivity contribution is 6.07. The van der Waals surface area contributed by atoms with Crippen molar-refractivity contribution < 1.29 is 63.2 Å². The van der Waals surface area contributed by atoms with Crippen molar-refractivity contribution in [3.05, 3.63) is 119 Å². The molecule has 3 heterocycles. The van der Waals surface area contributed by atoms with Gasteiger partial charge in [0.1, 0.15) is 47.4 Å². The highest BCUT2D eigenvalue weighted by Gasteiger charge is 2.48. The summed E-state index contributed by atoms with van der Waals surface area (Å²) < 4.78 is 11.8.